The molecule has 1 atom stereocenters. The minimum absolute atomic E-state index is 0.204. The summed E-state index contributed by atoms with van der Waals surface area (Å²) in [6, 6.07) is 0. The Kier molecular flexibility index (Phi) is 3.46. The number of hydrogen-bond donors (Lipinski definition) is 1. The molecule has 0 aromatic carbocycles. The molecule has 0 bridgehead atoms. The van der Waals surface area contributed by atoms with E-state index in [1.54, 1.807) is 4.90 Å². The number of carbonyl (C=O) groups excluding carboxylic acids is 1. The van der Waals surface area contributed by atoms with Crippen LogP contribution in [0, 0.1) is 0 Å². The summed E-state index contributed by atoms with van der Waals surface area (Å²) in [7, 11) is 0. The molecule has 3 aliphatic heterocycles. The first-order valence-electron chi connectivity index (χ1n) is 7.26. The van der Waals surface area contributed by atoms with E-state index in [4.69, 9.17) is 9.47 Å². The van der Waals surface area contributed by atoms with Gasteiger partial charge in [-0.2, -0.15) is 11.8 Å². The highest BCUT2D eigenvalue weighted by atomic mass is 32.2. The van der Waals surface area contributed by atoms with Crippen molar-refractivity contribution in [3.63, 3.8) is 0 Å². The largest absolute Gasteiger partial charge is 0.444 e. The summed E-state index contributed by atoms with van der Waals surface area (Å²) in [4.78, 5) is 13.9. The number of likely N-dealkylation sites (tertiary alicyclic amines) is 1. The molecule has 0 aromatic heterocycles. The van der Waals surface area contributed by atoms with E-state index in [1.807, 2.05) is 32.5 Å². The number of carbonyl (C=O) groups is 1. The molecule has 20 heavy (non-hydrogen) atoms. The number of hydrogen-bond acceptors (Lipinski definition) is 5. The number of nitrogens with zero attached hydrogens (tertiary/aromatic N) is 1. The summed E-state index contributed by atoms with van der Waals surface area (Å²) in [6.45, 7) is 8.65. The third-order valence-electron chi connectivity index (χ3n) is 4.16. The summed E-state index contributed by atoms with van der Waals surface area (Å²) in [5, 5.41) is 3.65. The van der Waals surface area contributed by atoms with Crippen molar-refractivity contribution >= 4 is 17.9 Å². The van der Waals surface area contributed by atoms with Crippen molar-refractivity contribution in [3.8, 4) is 0 Å². The molecule has 0 radical (unpaired) electrons. The van der Waals surface area contributed by atoms with Gasteiger partial charge >= 0.3 is 6.09 Å². The number of nitrogens with one attached hydrogen (secondary N) is 1. The quantitative estimate of drug-likeness (QED) is 0.734. The maximum absolute atomic E-state index is 12.1. The van der Waals surface area contributed by atoms with Gasteiger partial charge in [-0.15, -0.1) is 0 Å². The average Bonchev–Trinajstić information content (AvgIpc) is 2.71. The summed E-state index contributed by atoms with van der Waals surface area (Å²) >= 11 is 1.96. The van der Waals surface area contributed by atoms with Gasteiger partial charge in [-0.3, -0.25) is 0 Å². The van der Waals surface area contributed by atoms with E-state index in [0.717, 1.165) is 37.6 Å². The molecule has 1 amide bonds. The topological polar surface area (TPSA) is 50.8 Å². The first-order chi connectivity index (χ1) is 9.32. The molecule has 3 heterocycles. The normalized spacial score (nSPS) is 32.5. The third-order valence-corrected chi connectivity index (χ3v) is 5.68. The zero-order chi connectivity index (χ0) is 14.4. The van der Waals surface area contributed by atoms with Gasteiger partial charge in [0, 0.05) is 24.6 Å². The number of rotatable bonds is 0. The first-order valence-corrected chi connectivity index (χ1v) is 8.42. The standard InChI is InChI=1S/C14H24N2O3S/c1-12(2,3)19-11(17)16-5-4-14(7-16)6-15-13(8-18-14)9-20-10-13/h15H,4-10H2,1-3H3/t14-/m1/s1. The Bertz CT molecular complexity index is 394. The molecule has 2 spiro atoms. The summed E-state index contributed by atoms with van der Waals surface area (Å²) in [6.07, 6.45) is 0.667. The molecule has 6 heteroatoms. The third kappa shape index (κ3) is 2.78. The maximum atomic E-state index is 12.1. The first kappa shape index (κ1) is 14.5. The highest BCUT2D eigenvalue weighted by molar-refractivity contribution is 8.00. The molecule has 3 fully saturated rings. The van der Waals surface area contributed by atoms with E-state index in [-0.39, 0.29) is 17.2 Å². The fourth-order valence-electron chi connectivity index (χ4n) is 2.86. The van der Waals surface area contributed by atoms with Crippen LogP contribution in [0.5, 0.6) is 0 Å². The molecule has 0 saturated carbocycles. The van der Waals surface area contributed by atoms with Crippen molar-refractivity contribution in [2.75, 3.05) is 37.7 Å². The smallest absolute Gasteiger partial charge is 0.410 e. The van der Waals surface area contributed by atoms with E-state index < -0.39 is 5.60 Å². The lowest BCUT2D eigenvalue weighted by Crippen LogP contribution is -2.68. The van der Waals surface area contributed by atoms with E-state index in [0.29, 0.717) is 6.54 Å². The van der Waals surface area contributed by atoms with Crippen LogP contribution in [0.1, 0.15) is 27.2 Å². The van der Waals surface area contributed by atoms with Crippen LogP contribution in [-0.4, -0.2) is 65.5 Å². The summed E-state index contributed by atoms with van der Waals surface area (Å²) < 4.78 is 11.6. The lowest BCUT2D eigenvalue weighted by Gasteiger charge is -2.50. The molecule has 0 aromatic rings. The maximum Gasteiger partial charge on any atom is 0.410 e. The van der Waals surface area contributed by atoms with Crippen LogP contribution in [0.2, 0.25) is 0 Å². The van der Waals surface area contributed by atoms with Crippen LogP contribution in [0.25, 0.3) is 0 Å². The van der Waals surface area contributed by atoms with Gasteiger partial charge in [0.1, 0.15) is 5.60 Å². The lowest BCUT2D eigenvalue weighted by molar-refractivity contribution is -0.0938. The Morgan fingerprint density at radius 1 is 1.40 bits per heavy atom. The SMILES string of the molecule is CC(C)(C)OC(=O)N1CC[C@@]2(CNC3(CO2)CSC3)C1. The van der Waals surface area contributed by atoms with Crippen molar-refractivity contribution in [1.82, 2.24) is 10.2 Å². The van der Waals surface area contributed by atoms with Crippen LogP contribution < -0.4 is 5.32 Å². The molecular formula is C14H24N2O3S. The predicted molar refractivity (Wildman–Crippen MR) is 79.2 cm³/mol. The molecular weight excluding hydrogens is 276 g/mol. The van der Waals surface area contributed by atoms with Crippen LogP contribution in [0.15, 0.2) is 0 Å². The summed E-state index contributed by atoms with van der Waals surface area (Å²) in [5.41, 5.74) is -0.441. The fraction of sp³-hybridized carbons (Fsp3) is 0.929. The number of ether oxygens (including phenoxy) is 2. The van der Waals surface area contributed by atoms with E-state index in [2.05, 4.69) is 5.32 Å². The van der Waals surface area contributed by atoms with Crippen LogP contribution >= 0.6 is 11.8 Å². The van der Waals surface area contributed by atoms with Gasteiger partial charge < -0.3 is 19.7 Å². The molecule has 5 nitrogen and oxygen atoms in total. The monoisotopic (exact) mass is 300 g/mol. The van der Waals surface area contributed by atoms with E-state index >= 15 is 0 Å². The summed E-state index contributed by atoms with van der Waals surface area (Å²) in [5.74, 6) is 2.28. The average molecular weight is 300 g/mol. The molecule has 1 N–H and O–H groups in total. The van der Waals surface area contributed by atoms with Gasteiger partial charge in [-0.25, -0.2) is 4.79 Å². The van der Waals surface area contributed by atoms with Gasteiger partial charge in [0.2, 0.25) is 0 Å². The molecule has 114 valence electrons. The van der Waals surface area contributed by atoms with Crippen molar-refractivity contribution in [3.05, 3.63) is 0 Å². The van der Waals surface area contributed by atoms with Crippen molar-refractivity contribution < 1.29 is 14.3 Å². The second kappa shape index (κ2) is 4.78. The predicted octanol–water partition coefficient (Wildman–Crippen LogP) is 1.47. The molecule has 0 unspecified atom stereocenters. The molecule has 3 saturated heterocycles. The Labute approximate surface area is 124 Å². The second-order valence-corrected chi connectivity index (χ2v) is 8.24. The van der Waals surface area contributed by atoms with Crippen LogP contribution in [0.3, 0.4) is 0 Å². The minimum Gasteiger partial charge on any atom is -0.444 e. The van der Waals surface area contributed by atoms with Gasteiger partial charge in [-0.1, -0.05) is 0 Å². The molecule has 0 aliphatic carbocycles. The molecule has 3 aliphatic rings. The zero-order valence-electron chi connectivity index (χ0n) is 12.5. The van der Waals surface area contributed by atoms with Crippen molar-refractivity contribution in [1.29, 1.82) is 0 Å². The lowest BCUT2D eigenvalue weighted by atomic mass is 9.95. The number of morpholine rings is 1. The second-order valence-electron chi connectivity index (χ2n) is 7.25. The van der Waals surface area contributed by atoms with Gasteiger partial charge in [0.15, 0.2) is 0 Å². The highest BCUT2D eigenvalue weighted by Crippen LogP contribution is 2.37. The van der Waals surface area contributed by atoms with Crippen LogP contribution in [0.4, 0.5) is 4.79 Å². The Morgan fingerprint density at radius 2 is 2.15 bits per heavy atom. The number of amides is 1. The van der Waals surface area contributed by atoms with Gasteiger partial charge in [-0.05, 0) is 27.2 Å². The zero-order valence-corrected chi connectivity index (χ0v) is 13.3. The van der Waals surface area contributed by atoms with Crippen molar-refractivity contribution in [2.45, 2.75) is 43.9 Å². The number of thioether (sulfide) groups is 1. The van der Waals surface area contributed by atoms with Crippen molar-refractivity contribution in [2.24, 2.45) is 0 Å². The van der Waals surface area contributed by atoms with E-state index in [1.165, 1.54) is 0 Å². The minimum atomic E-state index is -0.439. The molecule has 3 rings (SSSR count). The van der Waals surface area contributed by atoms with Gasteiger partial charge in [0.05, 0.1) is 24.3 Å². The Balaban J connectivity index is 1.55. The Hall–Kier alpha value is -0.460. The van der Waals surface area contributed by atoms with E-state index in [9.17, 15) is 4.79 Å². The van der Waals surface area contributed by atoms with Gasteiger partial charge in [0.25, 0.3) is 0 Å². The van der Waals surface area contributed by atoms with Crippen LogP contribution in [-0.2, 0) is 9.47 Å². The fourth-order valence-corrected chi connectivity index (χ4v) is 3.93. The highest BCUT2D eigenvalue weighted by Gasteiger charge is 2.50. The Morgan fingerprint density at radius 3 is 2.65 bits per heavy atom.